The first-order valence-corrected chi connectivity index (χ1v) is 8.76. The molecule has 0 bridgehead atoms. The smallest absolute Gasteiger partial charge is 0.00477 e. The van der Waals surface area contributed by atoms with E-state index in [1.54, 1.807) is 0 Å². The van der Waals surface area contributed by atoms with E-state index in [2.05, 4.69) is 58.7 Å². The first kappa shape index (κ1) is 19.9. The van der Waals surface area contributed by atoms with Crippen LogP contribution in [-0.4, -0.2) is 37.6 Å². The lowest BCUT2D eigenvalue weighted by Crippen LogP contribution is -2.44. The molecule has 2 nitrogen and oxygen atoms in total. The van der Waals surface area contributed by atoms with Gasteiger partial charge in [0.25, 0.3) is 0 Å². The highest BCUT2D eigenvalue weighted by molar-refractivity contribution is 4.81. The summed E-state index contributed by atoms with van der Waals surface area (Å²) in [5, 5.41) is 3.65. The van der Waals surface area contributed by atoms with Crippen molar-refractivity contribution in [3.8, 4) is 0 Å². The van der Waals surface area contributed by atoms with Crippen LogP contribution in [0.1, 0.15) is 67.7 Å². The molecular weight excluding hydrogens is 244 g/mol. The summed E-state index contributed by atoms with van der Waals surface area (Å²) in [4.78, 5) is 2.69. The van der Waals surface area contributed by atoms with Gasteiger partial charge in [0.1, 0.15) is 0 Å². The highest BCUT2D eigenvalue weighted by Crippen LogP contribution is 2.25. The minimum absolute atomic E-state index is 0.410. The average molecular weight is 285 g/mol. The van der Waals surface area contributed by atoms with Gasteiger partial charge in [0.05, 0.1) is 0 Å². The minimum Gasteiger partial charge on any atom is -0.316 e. The number of hydrogen-bond acceptors (Lipinski definition) is 2. The second-order valence-corrected chi connectivity index (χ2v) is 7.72. The topological polar surface area (TPSA) is 15.3 Å². The molecule has 1 N–H and O–H groups in total. The third-order valence-corrected chi connectivity index (χ3v) is 3.68. The maximum Gasteiger partial charge on any atom is 0.00477 e. The van der Waals surface area contributed by atoms with E-state index in [9.17, 15) is 0 Å². The number of rotatable bonds is 12. The zero-order valence-corrected chi connectivity index (χ0v) is 15.3. The Kier molecular flexibility index (Phi) is 10.6. The second kappa shape index (κ2) is 10.6. The molecule has 1 atom stereocenters. The fourth-order valence-electron chi connectivity index (χ4n) is 3.17. The van der Waals surface area contributed by atoms with Crippen LogP contribution < -0.4 is 5.32 Å². The molecule has 0 amide bonds. The van der Waals surface area contributed by atoms with E-state index < -0.39 is 0 Å². The van der Waals surface area contributed by atoms with E-state index in [0.29, 0.717) is 5.41 Å². The molecule has 0 aromatic heterocycles. The van der Waals surface area contributed by atoms with Crippen LogP contribution in [0.25, 0.3) is 0 Å². The van der Waals surface area contributed by atoms with Gasteiger partial charge in [-0.15, -0.1) is 0 Å². The molecule has 0 aliphatic carbocycles. The van der Waals surface area contributed by atoms with E-state index in [1.807, 2.05) is 0 Å². The van der Waals surface area contributed by atoms with Gasteiger partial charge in [-0.05, 0) is 36.6 Å². The molecule has 0 saturated carbocycles. The number of hydrogen-bond donors (Lipinski definition) is 1. The second-order valence-electron chi connectivity index (χ2n) is 7.72. The summed E-state index contributed by atoms with van der Waals surface area (Å²) in [6.07, 6.45) is 3.82. The third-order valence-electron chi connectivity index (χ3n) is 3.68. The Morgan fingerprint density at radius 1 is 0.950 bits per heavy atom. The third kappa shape index (κ3) is 9.77. The van der Waals surface area contributed by atoms with Crippen LogP contribution in [0.4, 0.5) is 0 Å². The Morgan fingerprint density at radius 3 is 1.90 bits per heavy atom. The van der Waals surface area contributed by atoms with Gasteiger partial charge in [-0.25, -0.2) is 0 Å². The summed E-state index contributed by atoms with van der Waals surface area (Å²) < 4.78 is 0. The van der Waals surface area contributed by atoms with E-state index in [4.69, 9.17) is 0 Å². The number of nitrogens with zero attached hydrogens (tertiary/aromatic N) is 1. The highest BCUT2D eigenvalue weighted by Gasteiger charge is 2.26. The molecule has 0 aromatic carbocycles. The van der Waals surface area contributed by atoms with Crippen LogP contribution in [0.3, 0.4) is 0 Å². The largest absolute Gasteiger partial charge is 0.316 e. The SMILES string of the molecule is CCCNCC(C)(CCC)CN(CC(C)C)CC(C)C. The van der Waals surface area contributed by atoms with Crippen molar-refractivity contribution in [3.05, 3.63) is 0 Å². The van der Waals surface area contributed by atoms with Crippen molar-refractivity contribution >= 4 is 0 Å². The van der Waals surface area contributed by atoms with Crippen LogP contribution in [0.2, 0.25) is 0 Å². The van der Waals surface area contributed by atoms with Crippen molar-refractivity contribution in [3.63, 3.8) is 0 Å². The summed E-state index contributed by atoms with van der Waals surface area (Å²) >= 11 is 0. The van der Waals surface area contributed by atoms with Crippen molar-refractivity contribution < 1.29 is 0 Å². The monoisotopic (exact) mass is 284 g/mol. The zero-order valence-electron chi connectivity index (χ0n) is 15.3. The van der Waals surface area contributed by atoms with Crippen molar-refractivity contribution in [1.29, 1.82) is 0 Å². The van der Waals surface area contributed by atoms with E-state index in [1.165, 1.54) is 38.9 Å². The fraction of sp³-hybridized carbons (Fsp3) is 1.00. The molecule has 0 aliphatic heterocycles. The summed E-state index contributed by atoms with van der Waals surface area (Å²) in [5.41, 5.74) is 0.410. The predicted octanol–water partition coefficient (Wildman–Crippen LogP) is 4.41. The quantitative estimate of drug-likeness (QED) is 0.534. The minimum atomic E-state index is 0.410. The Morgan fingerprint density at radius 2 is 1.50 bits per heavy atom. The van der Waals surface area contributed by atoms with Gasteiger partial charge in [-0.2, -0.15) is 0 Å². The standard InChI is InChI=1S/C18H40N2/c1-8-10-18(7,14-19-11-9-2)15-20(12-16(3)4)13-17(5)6/h16-17,19H,8-15H2,1-7H3. The molecule has 0 heterocycles. The molecule has 122 valence electrons. The molecule has 0 aliphatic rings. The summed E-state index contributed by atoms with van der Waals surface area (Å²) in [6, 6.07) is 0. The Labute approximate surface area is 128 Å². The molecule has 0 rings (SSSR count). The Bertz CT molecular complexity index is 215. The van der Waals surface area contributed by atoms with Crippen molar-refractivity contribution in [1.82, 2.24) is 10.2 Å². The van der Waals surface area contributed by atoms with Crippen LogP contribution in [0, 0.1) is 17.3 Å². The van der Waals surface area contributed by atoms with Crippen LogP contribution in [0.5, 0.6) is 0 Å². The predicted molar refractivity (Wildman–Crippen MR) is 92.3 cm³/mol. The first-order valence-electron chi connectivity index (χ1n) is 8.76. The lowest BCUT2D eigenvalue weighted by Gasteiger charge is -2.37. The lowest BCUT2D eigenvalue weighted by molar-refractivity contribution is 0.126. The molecule has 20 heavy (non-hydrogen) atoms. The molecule has 0 spiro atoms. The summed E-state index contributed by atoms with van der Waals surface area (Å²) in [6.45, 7) is 22.3. The van der Waals surface area contributed by atoms with Gasteiger partial charge in [-0.1, -0.05) is 54.9 Å². The molecule has 0 fully saturated rings. The first-order chi connectivity index (χ1) is 9.33. The summed E-state index contributed by atoms with van der Waals surface area (Å²) in [5.74, 6) is 1.51. The van der Waals surface area contributed by atoms with Crippen molar-refractivity contribution in [2.45, 2.75) is 67.7 Å². The maximum atomic E-state index is 3.65. The van der Waals surface area contributed by atoms with Crippen molar-refractivity contribution in [2.75, 3.05) is 32.7 Å². The molecule has 0 aromatic rings. The average Bonchev–Trinajstić information content (AvgIpc) is 2.27. The normalized spacial score (nSPS) is 15.3. The van der Waals surface area contributed by atoms with Crippen LogP contribution in [-0.2, 0) is 0 Å². The van der Waals surface area contributed by atoms with Crippen LogP contribution >= 0.6 is 0 Å². The number of nitrogens with one attached hydrogen (secondary N) is 1. The van der Waals surface area contributed by atoms with Gasteiger partial charge in [-0.3, -0.25) is 0 Å². The maximum absolute atomic E-state index is 3.65. The van der Waals surface area contributed by atoms with Gasteiger partial charge in [0.2, 0.25) is 0 Å². The lowest BCUT2D eigenvalue weighted by atomic mass is 9.84. The molecular formula is C18H40N2. The van der Waals surface area contributed by atoms with E-state index in [0.717, 1.165) is 24.9 Å². The highest BCUT2D eigenvalue weighted by atomic mass is 15.1. The molecule has 0 radical (unpaired) electrons. The zero-order chi connectivity index (χ0) is 15.6. The van der Waals surface area contributed by atoms with E-state index in [-0.39, 0.29) is 0 Å². The molecule has 2 heteroatoms. The van der Waals surface area contributed by atoms with Crippen LogP contribution in [0.15, 0.2) is 0 Å². The summed E-state index contributed by atoms with van der Waals surface area (Å²) in [7, 11) is 0. The molecule has 0 saturated heterocycles. The van der Waals surface area contributed by atoms with E-state index >= 15 is 0 Å². The van der Waals surface area contributed by atoms with Crippen molar-refractivity contribution in [2.24, 2.45) is 17.3 Å². The van der Waals surface area contributed by atoms with Gasteiger partial charge in [0.15, 0.2) is 0 Å². The Hall–Kier alpha value is -0.0800. The fourth-order valence-corrected chi connectivity index (χ4v) is 3.17. The Balaban J connectivity index is 4.59. The molecule has 1 unspecified atom stereocenters. The van der Waals surface area contributed by atoms with Gasteiger partial charge >= 0.3 is 0 Å². The van der Waals surface area contributed by atoms with Gasteiger partial charge in [0, 0.05) is 26.2 Å². The van der Waals surface area contributed by atoms with Gasteiger partial charge < -0.3 is 10.2 Å².